The summed E-state index contributed by atoms with van der Waals surface area (Å²) in [6, 6.07) is 13.4. The predicted molar refractivity (Wildman–Crippen MR) is 76.0 cm³/mol. The van der Waals surface area contributed by atoms with Crippen molar-refractivity contribution in [3.63, 3.8) is 0 Å². The Bertz CT molecular complexity index is 572. The number of alkyl halides is 2. The molecule has 0 fully saturated rings. The highest BCUT2D eigenvalue weighted by molar-refractivity contribution is 5.48. The number of aryl methyl sites for hydroxylation is 1. The molecule has 0 spiro atoms. The average Bonchev–Trinajstić information content (AvgIpc) is 2.45. The van der Waals surface area contributed by atoms with Crippen molar-refractivity contribution < 1.29 is 13.9 Å². The van der Waals surface area contributed by atoms with Gasteiger partial charge in [-0.05, 0) is 36.2 Å². The van der Waals surface area contributed by atoms with Gasteiger partial charge in [-0.1, -0.05) is 30.3 Å². The predicted octanol–water partition coefficient (Wildman–Crippen LogP) is 4.08. The van der Waals surface area contributed by atoms with Crippen LogP contribution in [0.15, 0.2) is 48.5 Å². The third-order valence-electron chi connectivity index (χ3n) is 3.11. The van der Waals surface area contributed by atoms with Crippen molar-refractivity contribution in [1.82, 2.24) is 0 Å². The van der Waals surface area contributed by atoms with Crippen LogP contribution in [0.1, 0.15) is 29.2 Å². The molecule has 106 valence electrons. The Hall–Kier alpha value is -1.94. The quantitative estimate of drug-likeness (QED) is 0.863. The standard InChI is InChI=1S/C16H17F2NO/c1-11-4-2-7-14(8-11)19-15(10-20)12-5-3-6-13(9-12)16(17)18/h2-9,15-16,19-20H,10H2,1H3. The highest BCUT2D eigenvalue weighted by Gasteiger charge is 2.13. The largest absolute Gasteiger partial charge is 0.394 e. The molecule has 0 aliphatic rings. The van der Waals surface area contributed by atoms with E-state index in [1.54, 1.807) is 12.1 Å². The minimum Gasteiger partial charge on any atom is -0.394 e. The van der Waals surface area contributed by atoms with E-state index in [-0.39, 0.29) is 12.2 Å². The molecule has 2 aromatic rings. The van der Waals surface area contributed by atoms with Crippen molar-refractivity contribution >= 4 is 5.69 Å². The molecule has 0 heterocycles. The number of anilines is 1. The summed E-state index contributed by atoms with van der Waals surface area (Å²) in [5, 5.41) is 12.6. The minimum absolute atomic E-state index is 0.0352. The molecule has 2 N–H and O–H groups in total. The van der Waals surface area contributed by atoms with Gasteiger partial charge in [-0.25, -0.2) is 8.78 Å². The summed E-state index contributed by atoms with van der Waals surface area (Å²) < 4.78 is 25.4. The maximum absolute atomic E-state index is 12.7. The molecule has 0 aliphatic heterocycles. The van der Waals surface area contributed by atoms with Crippen LogP contribution in [-0.4, -0.2) is 11.7 Å². The molecule has 2 nitrogen and oxygen atoms in total. The van der Waals surface area contributed by atoms with Gasteiger partial charge < -0.3 is 10.4 Å². The lowest BCUT2D eigenvalue weighted by atomic mass is 10.0. The Morgan fingerprint density at radius 1 is 1.05 bits per heavy atom. The number of hydrogen-bond acceptors (Lipinski definition) is 2. The second kappa shape index (κ2) is 6.48. The van der Waals surface area contributed by atoms with Crippen LogP contribution in [0.4, 0.5) is 14.5 Å². The normalized spacial score (nSPS) is 12.4. The SMILES string of the molecule is Cc1cccc(NC(CO)c2cccc(C(F)F)c2)c1. The van der Waals surface area contributed by atoms with Crippen molar-refractivity contribution in [2.24, 2.45) is 0 Å². The molecular weight excluding hydrogens is 260 g/mol. The first-order valence-electron chi connectivity index (χ1n) is 6.42. The van der Waals surface area contributed by atoms with E-state index in [9.17, 15) is 13.9 Å². The van der Waals surface area contributed by atoms with Crippen LogP contribution in [0.3, 0.4) is 0 Å². The fourth-order valence-electron chi connectivity index (χ4n) is 2.08. The van der Waals surface area contributed by atoms with E-state index in [2.05, 4.69) is 5.32 Å². The fraction of sp³-hybridized carbons (Fsp3) is 0.250. The summed E-state index contributed by atoms with van der Waals surface area (Å²) in [5.74, 6) is 0. The van der Waals surface area contributed by atoms with E-state index in [0.29, 0.717) is 5.56 Å². The van der Waals surface area contributed by atoms with Crippen LogP contribution in [0, 0.1) is 6.92 Å². The summed E-state index contributed by atoms with van der Waals surface area (Å²) in [4.78, 5) is 0. The highest BCUT2D eigenvalue weighted by atomic mass is 19.3. The third kappa shape index (κ3) is 3.54. The van der Waals surface area contributed by atoms with Gasteiger partial charge in [-0.3, -0.25) is 0 Å². The summed E-state index contributed by atoms with van der Waals surface area (Å²) in [6.45, 7) is 1.80. The number of benzene rings is 2. The number of rotatable bonds is 5. The Labute approximate surface area is 117 Å². The molecule has 0 aromatic heterocycles. The molecule has 2 rings (SSSR count). The van der Waals surface area contributed by atoms with Gasteiger partial charge in [-0.2, -0.15) is 0 Å². The van der Waals surface area contributed by atoms with E-state index in [4.69, 9.17) is 0 Å². The van der Waals surface area contributed by atoms with Crippen LogP contribution < -0.4 is 5.32 Å². The maximum Gasteiger partial charge on any atom is 0.263 e. The van der Waals surface area contributed by atoms with E-state index < -0.39 is 12.5 Å². The van der Waals surface area contributed by atoms with Crippen LogP contribution in [0.5, 0.6) is 0 Å². The number of aliphatic hydroxyl groups is 1. The van der Waals surface area contributed by atoms with Gasteiger partial charge in [0.15, 0.2) is 0 Å². The molecule has 0 saturated carbocycles. The van der Waals surface area contributed by atoms with E-state index in [1.807, 2.05) is 31.2 Å². The van der Waals surface area contributed by atoms with E-state index >= 15 is 0 Å². The second-order valence-electron chi connectivity index (χ2n) is 4.72. The molecule has 20 heavy (non-hydrogen) atoms. The number of halogens is 2. The van der Waals surface area contributed by atoms with Gasteiger partial charge in [0, 0.05) is 11.3 Å². The van der Waals surface area contributed by atoms with Gasteiger partial charge in [-0.15, -0.1) is 0 Å². The topological polar surface area (TPSA) is 32.3 Å². The van der Waals surface area contributed by atoms with Gasteiger partial charge in [0.25, 0.3) is 6.43 Å². The Morgan fingerprint density at radius 2 is 1.75 bits per heavy atom. The van der Waals surface area contributed by atoms with E-state index in [0.717, 1.165) is 11.3 Å². The second-order valence-corrected chi connectivity index (χ2v) is 4.72. The fourth-order valence-corrected chi connectivity index (χ4v) is 2.08. The molecule has 0 bridgehead atoms. The van der Waals surface area contributed by atoms with Gasteiger partial charge in [0.2, 0.25) is 0 Å². The summed E-state index contributed by atoms with van der Waals surface area (Å²) in [6.07, 6.45) is -2.51. The molecule has 0 aliphatic carbocycles. The minimum atomic E-state index is -2.51. The molecule has 0 amide bonds. The van der Waals surface area contributed by atoms with Crippen molar-refractivity contribution in [1.29, 1.82) is 0 Å². The lowest BCUT2D eigenvalue weighted by molar-refractivity contribution is 0.151. The van der Waals surface area contributed by atoms with Crippen molar-refractivity contribution in [2.45, 2.75) is 19.4 Å². The zero-order valence-corrected chi connectivity index (χ0v) is 11.2. The Kier molecular flexibility index (Phi) is 4.69. The molecule has 0 radical (unpaired) electrons. The molecule has 1 unspecified atom stereocenters. The molecule has 4 heteroatoms. The average molecular weight is 277 g/mol. The van der Waals surface area contributed by atoms with Crippen molar-refractivity contribution in [2.75, 3.05) is 11.9 Å². The number of hydrogen-bond donors (Lipinski definition) is 2. The molecular formula is C16H17F2NO. The van der Waals surface area contributed by atoms with E-state index in [1.165, 1.54) is 12.1 Å². The zero-order valence-electron chi connectivity index (χ0n) is 11.2. The Balaban J connectivity index is 2.22. The molecule has 2 aromatic carbocycles. The smallest absolute Gasteiger partial charge is 0.263 e. The first kappa shape index (κ1) is 14.5. The van der Waals surface area contributed by atoms with Crippen LogP contribution >= 0.6 is 0 Å². The maximum atomic E-state index is 12.7. The monoisotopic (exact) mass is 277 g/mol. The van der Waals surface area contributed by atoms with Crippen LogP contribution in [-0.2, 0) is 0 Å². The summed E-state index contributed by atoms with van der Waals surface area (Å²) in [7, 11) is 0. The van der Waals surface area contributed by atoms with Gasteiger partial charge >= 0.3 is 0 Å². The van der Waals surface area contributed by atoms with Crippen LogP contribution in [0.25, 0.3) is 0 Å². The lowest BCUT2D eigenvalue weighted by Crippen LogP contribution is -2.15. The highest BCUT2D eigenvalue weighted by Crippen LogP contribution is 2.25. The molecule has 1 atom stereocenters. The Morgan fingerprint density at radius 3 is 2.40 bits per heavy atom. The summed E-state index contributed by atoms with van der Waals surface area (Å²) in [5.41, 5.74) is 2.55. The summed E-state index contributed by atoms with van der Waals surface area (Å²) >= 11 is 0. The third-order valence-corrected chi connectivity index (χ3v) is 3.11. The zero-order chi connectivity index (χ0) is 14.5. The lowest BCUT2D eigenvalue weighted by Gasteiger charge is -2.19. The van der Waals surface area contributed by atoms with Crippen LogP contribution in [0.2, 0.25) is 0 Å². The first-order valence-corrected chi connectivity index (χ1v) is 6.42. The number of nitrogens with one attached hydrogen (secondary N) is 1. The number of aliphatic hydroxyl groups excluding tert-OH is 1. The van der Waals surface area contributed by atoms with Crippen molar-refractivity contribution in [3.8, 4) is 0 Å². The first-order chi connectivity index (χ1) is 9.60. The molecule has 0 saturated heterocycles. The van der Waals surface area contributed by atoms with Gasteiger partial charge in [0.1, 0.15) is 0 Å². The van der Waals surface area contributed by atoms with Gasteiger partial charge in [0.05, 0.1) is 12.6 Å². The van der Waals surface area contributed by atoms with Crippen molar-refractivity contribution in [3.05, 3.63) is 65.2 Å².